The zero-order valence-electron chi connectivity index (χ0n) is 13.6. The van der Waals surface area contributed by atoms with Crippen LogP contribution in [0, 0.1) is 5.92 Å². The Balaban J connectivity index is 0.00000225. The number of rotatable bonds is 4. The summed E-state index contributed by atoms with van der Waals surface area (Å²) in [6.45, 7) is 0.461. The van der Waals surface area contributed by atoms with E-state index in [0.717, 1.165) is 31.2 Å². The molecule has 1 amide bonds. The van der Waals surface area contributed by atoms with Crippen molar-refractivity contribution in [3.8, 4) is 0 Å². The second-order valence-corrected chi connectivity index (χ2v) is 7.07. The van der Waals surface area contributed by atoms with E-state index < -0.39 is 0 Å². The summed E-state index contributed by atoms with van der Waals surface area (Å²) in [5.41, 5.74) is 6.86. The third-order valence-corrected chi connectivity index (χ3v) is 4.98. The van der Waals surface area contributed by atoms with E-state index in [0.29, 0.717) is 22.4 Å². The molecule has 2 atom stereocenters. The van der Waals surface area contributed by atoms with Gasteiger partial charge in [-0.15, -0.1) is 12.4 Å². The molecule has 136 valence electrons. The molecule has 5 nitrogen and oxygen atoms in total. The second-order valence-electron chi connectivity index (χ2n) is 6.22. The molecule has 0 bridgehead atoms. The average Bonchev–Trinajstić information content (AvgIpc) is 2.97. The van der Waals surface area contributed by atoms with Crippen molar-refractivity contribution < 1.29 is 4.79 Å². The second kappa shape index (κ2) is 8.90. The molecule has 0 aliphatic heterocycles. The van der Waals surface area contributed by atoms with Gasteiger partial charge in [-0.2, -0.15) is 5.10 Å². The van der Waals surface area contributed by atoms with Gasteiger partial charge in [-0.3, -0.25) is 4.79 Å². The molecule has 1 aromatic heterocycles. The predicted molar refractivity (Wildman–Crippen MR) is 104 cm³/mol. The van der Waals surface area contributed by atoms with Crippen LogP contribution < -0.4 is 11.1 Å². The summed E-state index contributed by atoms with van der Waals surface area (Å²) < 4.78 is 1.72. The normalized spacial score (nSPS) is 20.0. The zero-order chi connectivity index (χ0) is 17.1. The third kappa shape index (κ3) is 5.11. The van der Waals surface area contributed by atoms with Crippen LogP contribution in [0.4, 0.5) is 5.82 Å². The number of anilines is 1. The fourth-order valence-electron chi connectivity index (χ4n) is 3.07. The molecular weight excluding hydrogens is 383 g/mol. The van der Waals surface area contributed by atoms with E-state index in [1.807, 2.05) is 6.07 Å². The average molecular weight is 404 g/mol. The van der Waals surface area contributed by atoms with Crippen molar-refractivity contribution in [3.63, 3.8) is 0 Å². The van der Waals surface area contributed by atoms with Crippen molar-refractivity contribution >= 4 is 47.3 Å². The van der Waals surface area contributed by atoms with Gasteiger partial charge in [-0.25, -0.2) is 4.68 Å². The summed E-state index contributed by atoms with van der Waals surface area (Å²) in [5, 5.41) is 8.41. The summed E-state index contributed by atoms with van der Waals surface area (Å²) in [5.74, 6) is 0.635. The molecule has 0 saturated heterocycles. The molecule has 1 saturated carbocycles. The Kier molecular flexibility index (Phi) is 7.14. The van der Waals surface area contributed by atoms with Crippen LogP contribution in [0.25, 0.3) is 0 Å². The number of amides is 1. The van der Waals surface area contributed by atoms with Crippen LogP contribution >= 0.6 is 35.6 Å². The molecule has 2 unspecified atom stereocenters. The van der Waals surface area contributed by atoms with Gasteiger partial charge in [0.2, 0.25) is 5.91 Å². The first-order valence-corrected chi connectivity index (χ1v) is 8.80. The lowest BCUT2D eigenvalue weighted by Crippen LogP contribution is -2.34. The molecule has 0 spiro atoms. The van der Waals surface area contributed by atoms with E-state index >= 15 is 0 Å². The van der Waals surface area contributed by atoms with Gasteiger partial charge in [0, 0.05) is 28.1 Å². The maximum Gasteiger partial charge on any atom is 0.228 e. The third-order valence-electron chi connectivity index (χ3n) is 4.39. The Labute approximate surface area is 163 Å². The summed E-state index contributed by atoms with van der Waals surface area (Å²) in [6.07, 6.45) is 5.28. The summed E-state index contributed by atoms with van der Waals surface area (Å²) in [4.78, 5) is 12.5. The molecule has 1 aliphatic carbocycles. The van der Waals surface area contributed by atoms with E-state index in [-0.39, 0.29) is 30.3 Å². The fraction of sp³-hybridized carbons (Fsp3) is 0.412. The number of nitrogens with one attached hydrogen (secondary N) is 1. The van der Waals surface area contributed by atoms with Crippen LogP contribution in [0.5, 0.6) is 0 Å². The van der Waals surface area contributed by atoms with Crippen LogP contribution in [0.15, 0.2) is 30.5 Å². The van der Waals surface area contributed by atoms with Gasteiger partial charge >= 0.3 is 0 Å². The van der Waals surface area contributed by atoms with Crippen LogP contribution in [0.3, 0.4) is 0 Å². The molecule has 2 aromatic rings. The number of nitrogens with zero attached hydrogens (tertiary/aromatic N) is 2. The maximum atomic E-state index is 12.5. The van der Waals surface area contributed by atoms with Crippen molar-refractivity contribution in [1.29, 1.82) is 0 Å². The minimum absolute atomic E-state index is 0. The van der Waals surface area contributed by atoms with E-state index in [1.165, 1.54) is 0 Å². The Hall–Kier alpha value is -1.27. The van der Waals surface area contributed by atoms with Crippen molar-refractivity contribution in [2.75, 3.05) is 5.32 Å². The molecule has 1 fully saturated rings. The number of hydrogen-bond acceptors (Lipinski definition) is 3. The molecular formula is C17H21Cl3N4O. The van der Waals surface area contributed by atoms with E-state index in [2.05, 4.69) is 10.4 Å². The van der Waals surface area contributed by atoms with Crippen molar-refractivity contribution in [3.05, 3.63) is 46.1 Å². The number of benzene rings is 1. The Morgan fingerprint density at radius 2 is 2.12 bits per heavy atom. The smallest absolute Gasteiger partial charge is 0.228 e. The SMILES string of the molecule is Cl.NC1CCCC(C(=O)Nc2ccnn2Cc2ccc(Cl)cc2Cl)C1. The van der Waals surface area contributed by atoms with Gasteiger partial charge in [0.1, 0.15) is 5.82 Å². The lowest BCUT2D eigenvalue weighted by Gasteiger charge is -2.25. The highest BCUT2D eigenvalue weighted by atomic mass is 35.5. The number of halogens is 3. The standard InChI is InChI=1S/C17H20Cl2N4O.ClH/c18-13-5-4-12(15(19)9-13)10-23-16(6-7-21-23)22-17(24)11-2-1-3-14(20)8-11;/h4-7,9,11,14H,1-3,8,10,20H2,(H,22,24);1H. The van der Waals surface area contributed by atoms with Gasteiger partial charge in [-0.1, -0.05) is 35.7 Å². The Bertz CT molecular complexity index is 734. The first-order chi connectivity index (χ1) is 11.5. The quantitative estimate of drug-likeness (QED) is 0.806. The van der Waals surface area contributed by atoms with Gasteiger partial charge in [-0.05, 0) is 37.0 Å². The minimum Gasteiger partial charge on any atom is -0.328 e. The minimum atomic E-state index is -0.0313. The van der Waals surface area contributed by atoms with Crippen molar-refractivity contribution in [2.45, 2.75) is 38.3 Å². The van der Waals surface area contributed by atoms with Crippen LogP contribution in [-0.2, 0) is 11.3 Å². The van der Waals surface area contributed by atoms with Gasteiger partial charge in [0.25, 0.3) is 0 Å². The zero-order valence-corrected chi connectivity index (χ0v) is 15.9. The number of carbonyl (C=O) groups is 1. The molecule has 0 radical (unpaired) electrons. The number of aromatic nitrogens is 2. The van der Waals surface area contributed by atoms with Crippen molar-refractivity contribution in [2.24, 2.45) is 11.7 Å². The van der Waals surface area contributed by atoms with Crippen LogP contribution in [-0.4, -0.2) is 21.7 Å². The Morgan fingerprint density at radius 1 is 1.32 bits per heavy atom. The predicted octanol–water partition coefficient (Wildman–Crippen LogP) is 4.12. The number of carbonyl (C=O) groups excluding carboxylic acids is 1. The van der Waals surface area contributed by atoms with Crippen LogP contribution in [0.2, 0.25) is 10.0 Å². The van der Waals surface area contributed by atoms with Crippen molar-refractivity contribution in [1.82, 2.24) is 9.78 Å². The van der Waals surface area contributed by atoms with E-state index in [4.69, 9.17) is 28.9 Å². The fourth-order valence-corrected chi connectivity index (χ4v) is 3.54. The highest BCUT2D eigenvalue weighted by Crippen LogP contribution is 2.25. The topological polar surface area (TPSA) is 72.9 Å². The molecule has 8 heteroatoms. The van der Waals surface area contributed by atoms with Gasteiger partial charge in [0.05, 0.1) is 12.7 Å². The molecule has 3 rings (SSSR count). The monoisotopic (exact) mass is 402 g/mol. The van der Waals surface area contributed by atoms with Gasteiger partial charge in [0.15, 0.2) is 0 Å². The maximum absolute atomic E-state index is 12.5. The van der Waals surface area contributed by atoms with Crippen LogP contribution in [0.1, 0.15) is 31.2 Å². The summed E-state index contributed by atoms with van der Waals surface area (Å²) >= 11 is 12.1. The number of nitrogens with two attached hydrogens (primary N) is 1. The number of hydrogen-bond donors (Lipinski definition) is 2. The Morgan fingerprint density at radius 3 is 2.84 bits per heavy atom. The van der Waals surface area contributed by atoms with E-state index in [9.17, 15) is 4.79 Å². The molecule has 1 aliphatic rings. The molecule has 3 N–H and O–H groups in total. The molecule has 1 heterocycles. The first-order valence-electron chi connectivity index (χ1n) is 8.05. The summed E-state index contributed by atoms with van der Waals surface area (Å²) in [6, 6.07) is 7.24. The van der Waals surface area contributed by atoms with E-state index in [1.54, 1.807) is 29.1 Å². The highest BCUT2D eigenvalue weighted by Gasteiger charge is 2.26. The molecule has 1 aromatic carbocycles. The largest absolute Gasteiger partial charge is 0.328 e. The highest BCUT2D eigenvalue weighted by molar-refractivity contribution is 6.35. The van der Waals surface area contributed by atoms with Gasteiger partial charge < -0.3 is 11.1 Å². The lowest BCUT2D eigenvalue weighted by molar-refractivity contribution is -0.120. The molecule has 25 heavy (non-hydrogen) atoms. The lowest BCUT2D eigenvalue weighted by atomic mass is 9.85. The first kappa shape index (κ1) is 20.0. The summed E-state index contributed by atoms with van der Waals surface area (Å²) in [7, 11) is 0.